The lowest BCUT2D eigenvalue weighted by Gasteiger charge is -2.07. The minimum absolute atomic E-state index is 0.312. The zero-order valence-electron chi connectivity index (χ0n) is 11.9. The lowest BCUT2D eigenvalue weighted by Crippen LogP contribution is -2.19. The van der Waals surface area contributed by atoms with Gasteiger partial charge in [0.25, 0.3) is 0 Å². The van der Waals surface area contributed by atoms with Gasteiger partial charge >= 0.3 is 5.97 Å². The Morgan fingerprint density at radius 2 is 1.91 bits per heavy atom. The molecule has 0 aliphatic heterocycles. The van der Waals surface area contributed by atoms with Crippen molar-refractivity contribution in [1.82, 2.24) is 4.57 Å². The van der Waals surface area contributed by atoms with E-state index < -0.39 is 24.0 Å². The van der Waals surface area contributed by atoms with Crippen LogP contribution in [0.1, 0.15) is 28.2 Å². The Bertz CT molecular complexity index is 748. The third kappa shape index (κ3) is 3.62. The highest BCUT2D eigenvalue weighted by molar-refractivity contribution is 6.37. The molecular formula is C16H14ClNO4. The van der Waals surface area contributed by atoms with E-state index in [-0.39, 0.29) is 0 Å². The first kappa shape index (κ1) is 16.0. The van der Waals surface area contributed by atoms with E-state index in [1.165, 1.54) is 0 Å². The predicted molar refractivity (Wildman–Crippen MR) is 81.3 cm³/mol. The number of hydrogen-bond acceptors (Lipinski definition) is 3. The van der Waals surface area contributed by atoms with Gasteiger partial charge in [-0.25, -0.2) is 4.79 Å². The molecule has 0 spiro atoms. The van der Waals surface area contributed by atoms with E-state index in [0.717, 1.165) is 11.3 Å². The minimum atomic E-state index is -1.60. The molecule has 0 aliphatic carbocycles. The fourth-order valence-corrected chi connectivity index (χ4v) is 2.39. The van der Waals surface area contributed by atoms with Crippen molar-refractivity contribution in [3.8, 4) is 0 Å². The number of carboxylic acid groups (broad SMARTS) is 1. The van der Waals surface area contributed by atoms with Gasteiger partial charge in [-0.3, -0.25) is 9.59 Å². The molecule has 114 valence electrons. The Labute approximate surface area is 132 Å². The van der Waals surface area contributed by atoms with Crippen molar-refractivity contribution < 1.29 is 19.5 Å². The number of ketones is 2. The summed E-state index contributed by atoms with van der Waals surface area (Å²) in [4.78, 5) is 33.6. The molecule has 0 saturated carbocycles. The van der Waals surface area contributed by atoms with E-state index in [9.17, 15) is 14.4 Å². The second kappa shape index (κ2) is 6.58. The van der Waals surface area contributed by atoms with Gasteiger partial charge in [0.2, 0.25) is 5.78 Å². The number of aromatic nitrogens is 1. The Hall–Kier alpha value is -2.40. The Morgan fingerprint density at radius 3 is 2.55 bits per heavy atom. The third-order valence-electron chi connectivity index (χ3n) is 3.35. The normalized spacial score (nSPS) is 10.5. The van der Waals surface area contributed by atoms with Gasteiger partial charge in [-0.15, -0.1) is 0 Å². The number of halogens is 1. The quantitative estimate of drug-likeness (QED) is 0.504. The van der Waals surface area contributed by atoms with Gasteiger partial charge in [0.1, 0.15) is 0 Å². The van der Waals surface area contributed by atoms with E-state index >= 15 is 0 Å². The number of carbonyl (C=O) groups is 3. The number of carbonyl (C=O) groups excluding carboxylic acids is 2. The van der Waals surface area contributed by atoms with Crippen molar-refractivity contribution in [3.05, 3.63) is 58.4 Å². The van der Waals surface area contributed by atoms with Crippen LogP contribution in [0.2, 0.25) is 5.02 Å². The summed E-state index contributed by atoms with van der Waals surface area (Å²) in [6.45, 7) is 0. The topological polar surface area (TPSA) is 76.4 Å². The molecule has 0 saturated heterocycles. The van der Waals surface area contributed by atoms with Gasteiger partial charge < -0.3 is 9.67 Å². The monoisotopic (exact) mass is 319 g/mol. The molecule has 0 fully saturated rings. The highest BCUT2D eigenvalue weighted by Gasteiger charge is 2.20. The maximum atomic E-state index is 12.0. The van der Waals surface area contributed by atoms with Crippen LogP contribution in [0.25, 0.3) is 0 Å². The van der Waals surface area contributed by atoms with Gasteiger partial charge in [-0.05, 0) is 29.8 Å². The summed E-state index contributed by atoms with van der Waals surface area (Å²) in [5.74, 6) is -3.21. The Balaban J connectivity index is 2.17. The first-order valence-corrected chi connectivity index (χ1v) is 6.94. The van der Waals surface area contributed by atoms with Crippen LogP contribution < -0.4 is 0 Å². The number of rotatable bonds is 6. The summed E-state index contributed by atoms with van der Waals surface area (Å²) < 4.78 is 1.67. The number of Topliss-reactive ketones (excluding diaryl/α,β-unsaturated/α-hetero) is 2. The van der Waals surface area contributed by atoms with Crippen molar-refractivity contribution in [2.24, 2.45) is 7.05 Å². The van der Waals surface area contributed by atoms with E-state index in [1.807, 2.05) is 18.2 Å². The van der Waals surface area contributed by atoms with Gasteiger partial charge in [0.15, 0.2) is 5.78 Å². The van der Waals surface area contributed by atoms with E-state index in [0.29, 0.717) is 17.1 Å². The molecule has 2 rings (SSSR count). The summed E-state index contributed by atoms with van der Waals surface area (Å²) in [5.41, 5.74) is 2.18. The molecule has 0 atom stereocenters. The molecule has 5 nitrogen and oxygen atoms in total. The predicted octanol–water partition coefficient (Wildman–Crippen LogP) is 2.50. The first-order valence-electron chi connectivity index (χ1n) is 6.57. The Kier molecular flexibility index (Phi) is 4.78. The molecule has 0 bridgehead atoms. The maximum absolute atomic E-state index is 12.0. The minimum Gasteiger partial charge on any atom is -0.475 e. The van der Waals surface area contributed by atoms with Crippen molar-refractivity contribution in [3.63, 3.8) is 0 Å². The standard InChI is InChI=1S/C16H14ClNO4/c1-18-12(8-10-3-2-4-11(17)7-10)5-6-13(18)14(19)9-15(20)16(21)22/h2-7H,8-9H2,1H3,(H,21,22). The fraction of sp³-hybridized carbons (Fsp3) is 0.188. The van der Waals surface area contributed by atoms with Crippen LogP contribution in [0.15, 0.2) is 36.4 Å². The molecular weight excluding hydrogens is 306 g/mol. The smallest absolute Gasteiger partial charge is 0.372 e. The van der Waals surface area contributed by atoms with E-state index in [4.69, 9.17) is 16.7 Å². The maximum Gasteiger partial charge on any atom is 0.372 e. The van der Waals surface area contributed by atoms with Crippen LogP contribution in [0.3, 0.4) is 0 Å². The molecule has 0 amide bonds. The van der Waals surface area contributed by atoms with Crippen molar-refractivity contribution in [1.29, 1.82) is 0 Å². The molecule has 1 heterocycles. The molecule has 0 unspecified atom stereocenters. The van der Waals surface area contributed by atoms with E-state index in [2.05, 4.69) is 0 Å². The van der Waals surface area contributed by atoms with Gasteiger partial charge in [0.05, 0.1) is 12.1 Å². The SMILES string of the molecule is Cn1c(Cc2cccc(Cl)c2)ccc1C(=O)CC(=O)C(=O)O. The molecule has 6 heteroatoms. The van der Waals surface area contributed by atoms with Crippen molar-refractivity contribution in [2.45, 2.75) is 12.8 Å². The number of aliphatic carboxylic acids is 1. The number of nitrogens with zero attached hydrogens (tertiary/aromatic N) is 1. The Morgan fingerprint density at radius 1 is 1.18 bits per heavy atom. The second-order valence-corrected chi connectivity index (χ2v) is 5.34. The van der Waals surface area contributed by atoms with E-state index in [1.54, 1.807) is 29.8 Å². The zero-order valence-corrected chi connectivity index (χ0v) is 12.6. The summed E-state index contributed by atoms with van der Waals surface area (Å²) in [6, 6.07) is 10.8. The zero-order chi connectivity index (χ0) is 16.3. The molecule has 0 radical (unpaired) electrons. The third-order valence-corrected chi connectivity index (χ3v) is 3.58. The highest BCUT2D eigenvalue weighted by atomic mass is 35.5. The summed E-state index contributed by atoms with van der Waals surface area (Å²) in [5, 5.41) is 9.19. The van der Waals surface area contributed by atoms with Crippen LogP contribution in [0.5, 0.6) is 0 Å². The largest absolute Gasteiger partial charge is 0.475 e. The first-order chi connectivity index (χ1) is 10.4. The number of benzene rings is 1. The number of carboxylic acids is 1. The second-order valence-electron chi connectivity index (χ2n) is 4.90. The fourth-order valence-electron chi connectivity index (χ4n) is 2.18. The van der Waals surface area contributed by atoms with Crippen molar-refractivity contribution >= 4 is 29.1 Å². The number of hydrogen-bond donors (Lipinski definition) is 1. The summed E-state index contributed by atoms with van der Waals surface area (Å²) in [6.07, 6.45) is -0.0546. The van der Waals surface area contributed by atoms with Gasteiger partial charge in [-0.1, -0.05) is 23.7 Å². The van der Waals surface area contributed by atoms with Gasteiger partial charge in [-0.2, -0.15) is 0 Å². The average molecular weight is 320 g/mol. The summed E-state index contributed by atoms with van der Waals surface area (Å²) in [7, 11) is 1.71. The van der Waals surface area contributed by atoms with Crippen LogP contribution in [0.4, 0.5) is 0 Å². The summed E-state index contributed by atoms with van der Waals surface area (Å²) >= 11 is 5.94. The molecule has 1 aromatic heterocycles. The molecule has 22 heavy (non-hydrogen) atoms. The lowest BCUT2D eigenvalue weighted by atomic mass is 10.1. The highest BCUT2D eigenvalue weighted by Crippen LogP contribution is 2.17. The molecule has 1 N–H and O–H groups in total. The van der Waals surface area contributed by atoms with Crippen LogP contribution in [-0.2, 0) is 23.1 Å². The van der Waals surface area contributed by atoms with Gasteiger partial charge in [0, 0.05) is 24.2 Å². The average Bonchev–Trinajstić information content (AvgIpc) is 2.80. The van der Waals surface area contributed by atoms with Crippen LogP contribution in [-0.4, -0.2) is 27.2 Å². The van der Waals surface area contributed by atoms with Crippen molar-refractivity contribution in [2.75, 3.05) is 0 Å². The molecule has 1 aromatic carbocycles. The molecule has 0 aliphatic rings. The lowest BCUT2D eigenvalue weighted by molar-refractivity contribution is -0.148. The van der Waals surface area contributed by atoms with Crippen LogP contribution in [0, 0.1) is 0 Å². The molecule has 2 aromatic rings. The van der Waals surface area contributed by atoms with Crippen LogP contribution >= 0.6 is 11.6 Å².